The first-order valence-corrected chi connectivity index (χ1v) is 6.26. The van der Waals surface area contributed by atoms with Gasteiger partial charge in [-0.25, -0.2) is 4.39 Å². The van der Waals surface area contributed by atoms with Crippen LogP contribution in [0.2, 0.25) is 0 Å². The fraction of sp³-hybridized carbons (Fsp3) is 0.500. The Hall–Kier alpha value is -1.44. The minimum absolute atomic E-state index is 0.259. The third-order valence-corrected chi connectivity index (χ3v) is 3.24. The molecule has 1 N–H and O–H groups in total. The van der Waals surface area contributed by atoms with Gasteiger partial charge in [-0.05, 0) is 43.5 Å². The average molecular weight is 248 g/mol. The molecule has 0 saturated carbocycles. The van der Waals surface area contributed by atoms with Gasteiger partial charge >= 0.3 is 0 Å². The Morgan fingerprint density at radius 1 is 1.50 bits per heavy atom. The molecule has 1 aliphatic heterocycles. The third-order valence-electron chi connectivity index (χ3n) is 3.24. The number of rotatable bonds is 5. The van der Waals surface area contributed by atoms with Crippen molar-refractivity contribution in [3.63, 3.8) is 0 Å². The van der Waals surface area contributed by atoms with Crippen LogP contribution >= 0.6 is 0 Å². The van der Waals surface area contributed by atoms with Gasteiger partial charge in [0.25, 0.3) is 0 Å². The van der Waals surface area contributed by atoms with Crippen LogP contribution in [-0.2, 0) is 11.3 Å². The van der Waals surface area contributed by atoms with Gasteiger partial charge in [0.05, 0.1) is 11.6 Å². The van der Waals surface area contributed by atoms with Crippen molar-refractivity contribution in [2.75, 3.05) is 19.8 Å². The van der Waals surface area contributed by atoms with Gasteiger partial charge in [-0.2, -0.15) is 5.26 Å². The summed E-state index contributed by atoms with van der Waals surface area (Å²) in [7, 11) is 0. The van der Waals surface area contributed by atoms with Crippen LogP contribution in [-0.4, -0.2) is 19.8 Å². The minimum Gasteiger partial charge on any atom is -0.381 e. The van der Waals surface area contributed by atoms with Crippen molar-refractivity contribution >= 4 is 0 Å². The molecule has 0 radical (unpaired) electrons. The molecular formula is C14H17FN2O. The van der Waals surface area contributed by atoms with Crippen molar-refractivity contribution in [3.05, 3.63) is 35.1 Å². The highest BCUT2D eigenvalue weighted by atomic mass is 19.1. The fourth-order valence-corrected chi connectivity index (χ4v) is 2.12. The van der Waals surface area contributed by atoms with E-state index < -0.39 is 0 Å². The highest BCUT2D eigenvalue weighted by Crippen LogP contribution is 2.15. The maximum atomic E-state index is 13.5. The summed E-state index contributed by atoms with van der Waals surface area (Å²) in [4.78, 5) is 0. The number of ether oxygens (including phenoxy) is 1. The quantitative estimate of drug-likeness (QED) is 0.813. The van der Waals surface area contributed by atoms with E-state index in [9.17, 15) is 4.39 Å². The molecule has 1 aliphatic rings. The second-order valence-electron chi connectivity index (χ2n) is 4.61. The lowest BCUT2D eigenvalue weighted by Gasteiger charge is -2.09. The third kappa shape index (κ3) is 3.52. The van der Waals surface area contributed by atoms with Gasteiger partial charge in [0.15, 0.2) is 0 Å². The molecule has 4 heteroatoms. The van der Waals surface area contributed by atoms with E-state index in [0.29, 0.717) is 23.6 Å². The number of nitrogens with zero attached hydrogens (tertiary/aromatic N) is 1. The van der Waals surface area contributed by atoms with Gasteiger partial charge in [-0.15, -0.1) is 0 Å². The van der Waals surface area contributed by atoms with Crippen molar-refractivity contribution in [1.82, 2.24) is 5.32 Å². The van der Waals surface area contributed by atoms with Crippen LogP contribution in [0.15, 0.2) is 18.2 Å². The van der Waals surface area contributed by atoms with E-state index in [0.717, 1.165) is 32.6 Å². The van der Waals surface area contributed by atoms with Crippen molar-refractivity contribution in [3.8, 4) is 6.07 Å². The zero-order chi connectivity index (χ0) is 12.8. The van der Waals surface area contributed by atoms with Gasteiger partial charge in [-0.3, -0.25) is 0 Å². The second kappa shape index (κ2) is 6.48. The summed E-state index contributed by atoms with van der Waals surface area (Å²) in [6.07, 6.45) is 2.18. The fourth-order valence-electron chi connectivity index (χ4n) is 2.12. The number of halogens is 1. The van der Waals surface area contributed by atoms with Crippen molar-refractivity contribution in [2.24, 2.45) is 5.92 Å². The lowest BCUT2D eigenvalue weighted by Crippen LogP contribution is -2.18. The monoisotopic (exact) mass is 248 g/mol. The highest BCUT2D eigenvalue weighted by Gasteiger charge is 2.14. The predicted octanol–water partition coefficient (Wildman–Crippen LogP) is 2.21. The molecule has 96 valence electrons. The van der Waals surface area contributed by atoms with E-state index in [1.54, 1.807) is 6.07 Å². The van der Waals surface area contributed by atoms with Crippen molar-refractivity contribution in [2.45, 2.75) is 19.4 Å². The van der Waals surface area contributed by atoms with Gasteiger partial charge in [0.2, 0.25) is 0 Å². The van der Waals surface area contributed by atoms with Gasteiger partial charge in [0.1, 0.15) is 5.82 Å². The summed E-state index contributed by atoms with van der Waals surface area (Å²) < 4.78 is 18.8. The topological polar surface area (TPSA) is 45.0 Å². The zero-order valence-corrected chi connectivity index (χ0v) is 10.3. The van der Waals surface area contributed by atoms with E-state index in [-0.39, 0.29) is 5.82 Å². The molecule has 0 spiro atoms. The van der Waals surface area contributed by atoms with Gasteiger partial charge in [0, 0.05) is 25.3 Å². The molecule has 0 bridgehead atoms. The van der Waals surface area contributed by atoms with E-state index in [2.05, 4.69) is 5.32 Å². The molecule has 18 heavy (non-hydrogen) atoms. The largest absolute Gasteiger partial charge is 0.381 e. The molecule has 1 atom stereocenters. The molecule has 1 heterocycles. The van der Waals surface area contributed by atoms with E-state index in [1.165, 1.54) is 12.1 Å². The Morgan fingerprint density at radius 3 is 3.11 bits per heavy atom. The molecule has 1 aromatic rings. The van der Waals surface area contributed by atoms with Crippen LogP contribution in [0.5, 0.6) is 0 Å². The maximum absolute atomic E-state index is 13.5. The Bertz CT molecular complexity index is 436. The molecular weight excluding hydrogens is 231 g/mol. The van der Waals surface area contributed by atoms with Crippen LogP contribution in [0, 0.1) is 23.1 Å². The van der Waals surface area contributed by atoms with Gasteiger partial charge < -0.3 is 10.1 Å². The SMILES string of the molecule is N#Cc1ccc(F)c(CNCCC2CCOC2)c1. The standard InChI is InChI=1S/C14H17FN2O/c15-14-2-1-12(8-16)7-13(14)9-17-5-3-11-4-6-18-10-11/h1-2,7,11,17H,3-6,9-10H2. The van der Waals surface area contributed by atoms with Crippen LogP contribution in [0.3, 0.4) is 0 Å². The van der Waals surface area contributed by atoms with E-state index in [4.69, 9.17) is 10.00 Å². The minimum atomic E-state index is -0.259. The lowest BCUT2D eigenvalue weighted by atomic mass is 10.1. The van der Waals surface area contributed by atoms with Crippen LogP contribution in [0.25, 0.3) is 0 Å². The number of hydrogen-bond acceptors (Lipinski definition) is 3. The molecule has 2 rings (SSSR count). The molecule has 1 unspecified atom stereocenters. The Balaban J connectivity index is 1.77. The number of benzene rings is 1. The molecule has 0 amide bonds. The van der Waals surface area contributed by atoms with Crippen molar-refractivity contribution < 1.29 is 9.13 Å². The molecule has 0 aliphatic carbocycles. The number of hydrogen-bond donors (Lipinski definition) is 1. The number of nitriles is 1. The molecule has 3 nitrogen and oxygen atoms in total. The zero-order valence-electron chi connectivity index (χ0n) is 10.3. The first-order chi connectivity index (χ1) is 8.79. The van der Waals surface area contributed by atoms with E-state index in [1.807, 2.05) is 6.07 Å². The summed E-state index contributed by atoms with van der Waals surface area (Å²) in [5.41, 5.74) is 1.05. The lowest BCUT2D eigenvalue weighted by molar-refractivity contribution is 0.184. The Labute approximate surface area is 107 Å². The summed E-state index contributed by atoms with van der Waals surface area (Å²) in [5.74, 6) is 0.374. The molecule has 0 aromatic heterocycles. The molecule has 1 fully saturated rings. The Kier molecular flexibility index (Phi) is 4.68. The summed E-state index contributed by atoms with van der Waals surface area (Å²) in [5, 5.41) is 12.0. The normalized spacial score (nSPS) is 18.8. The predicted molar refractivity (Wildman–Crippen MR) is 66.4 cm³/mol. The summed E-state index contributed by atoms with van der Waals surface area (Å²) >= 11 is 0. The van der Waals surface area contributed by atoms with Crippen LogP contribution in [0.4, 0.5) is 4.39 Å². The van der Waals surface area contributed by atoms with Crippen LogP contribution in [0.1, 0.15) is 24.0 Å². The first kappa shape index (κ1) is 13.0. The maximum Gasteiger partial charge on any atom is 0.127 e. The summed E-state index contributed by atoms with van der Waals surface area (Å²) in [6.45, 7) is 3.03. The summed E-state index contributed by atoms with van der Waals surface area (Å²) in [6, 6.07) is 6.46. The van der Waals surface area contributed by atoms with Gasteiger partial charge in [-0.1, -0.05) is 0 Å². The Morgan fingerprint density at radius 2 is 2.39 bits per heavy atom. The second-order valence-corrected chi connectivity index (χ2v) is 4.61. The molecule has 1 saturated heterocycles. The smallest absolute Gasteiger partial charge is 0.127 e. The first-order valence-electron chi connectivity index (χ1n) is 6.26. The van der Waals surface area contributed by atoms with E-state index >= 15 is 0 Å². The molecule has 1 aromatic carbocycles. The van der Waals surface area contributed by atoms with Crippen LogP contribution < -0.4 is 5.32 Å². The van der Waals surface area contributed by atoms with Crippen molar-refractivity contribution in [1.29, 1.82) is 5.26 Å². The average Bonchev–Trinajstić information content (AvgIpc) is 2.89. The highest BCUT2D eigenvalue weighted by molar-refractivity contribution is 5.33. The number of nitrogens with one attached hydrogen (secondary N) is 1.